The maximum absolute atomic E-state index is 12.9. The second-order valence-corrected chi connectivity index (χ2v) is 7.01. The monoisotopic (exact) mass is 331 g/mol. The summed E-state index contributed by atoms with van der Waals surface area (Å²) in [6.45, 7) is 8.92. The molecular formula is C20H33N3O. The highest BCUT2D eigenvalue weighted by Crippen LogP contribution is 2.20. The minimum absolute atomic E-state index is 0.0473. The fourth-order valence-corrected chi connectivity index (χ4v) is 3.66. The molecule has 1 saturated heterocycles. The van der Waals surface area contributed by atoms with Crippen LogP contribution in [-0.2, 0) is 11.3 Å². The standard InChI is InChI=1S/C20H33N3O/c1-4-12-23(20(24)17(2)14-21-3)19-11-8-13-22(16-19)15-18-9-6-5-7-10-18/h5-7,9-10,17,19,21H,4,8,11-16H2,1-3H3. The Hall–Kier alpha value is -1.39. The van der Waals surface area contributed by atoms with Crippen LogP contribution in [0.1, 0.15) is 38.7 Å². The third-order valence-electron chi connectivity index (χ3n) is 4.85. The van der Waals surface area contributed by atoms with E-state index in [2.05, 4.69) is 52.4 Å². The first-order valence-electron chi connectivity index (χ1n) is 9.37. The van der Waals surface area contributed by atoms with Crippen LogP contribution < -0.4 is 5.32 Å². The zero-order chi connectivity index (χ0) is 17.4. The summed E-state index contributed by atoms with van der Waals surface area (Å²) in [6, 6.07) is 11.0. The van der Waals surface area contributed by atoms with Crippen molar-refractivity contribution in [1.82, 2.24) is 15.1 Å². The van der Waals surface area contributed by atoms with E-state index in [0.717, 1.165) is 45.6 Å². The van der Waals surface area contributed by atoms with Gasteiger partial charge in [-0.2, -0.15) is 0 Å². The summed E-state index contributed by atoms with van der Waals surface area (Å²) < 4.78 is 0. The zero-order valence-electron chi connectivity index (χ0n) is 15.5. The van der Waals surface area contributed by atoms with Crippen LogP contribution in [0.3, 0.4) is 0 Å². The van der Waals surface area contributed by atoms with E-state index in [1.807, 2.05) is 14.0 Å². The van der Waals surface area contributed by atoms with Gasteiger partial charge in [-0.1, -0.05) is 44.2 Å². The number of hydrogen-bond donors (Lipinski definition) is 1. The summed E-state index contributed by atoms with van der Waals surface area (Å²) in [7, 11) is 1.91. The number of amides is 1. The van der Waals surface area contributed by atoms with Crippen molar-refractivity contribution in [3.63, 3.8) is 0 Å². The van der Waals surface area contributed by atoms with E-state index >= 15 is 0 Å². The molecule has 1 aromatic rings. The Labute approximate surface area is 147 Å². The molecule has 4 heteroatoms. The average Bonchev–Trinajstić information content (AvgIpc) is 2.60. The molecule has 1 aromatic carbocycles. The first kappa shape index (κ1) is 18.9. The molecule has 1 amide bonds. The minimum atomic E-state index is 0.0473. The molecule has 1 heterocycles. The van der Waals surface area contributed by atoms with Crippen molar-refractivity contribution < 1.29 is 4.79 Å². The quantitative estimate of drug-likeness (QED) is 0.795. The van der Waals surface area contributed by atoms with E-state index in [1.165, 1.54) is 12.0 Å². The van der Waals surface area contributed by atoms with E-state index in [4.69, 9.17) is 0 Å². The highest BCUT2D eigenvalue weighted by atomic mass is 16.2. The molecule has 0 aromatic heterocycles. The number of rotatable bonds is 8. The Morgan fingerprint density at radius 3 is 2.79 bits per heavy atom. The molecule has 2 unspecified atom stereocenters. The largest absolute Gasteiger partial charge is 0.338 e. The lowest BCUT2D eigenvalue weighted by Crippen LogP contribution is -2.52. The number of nitrogens with one attached hydrogen (secondary N) is 1. The van der Waals surface area contributed by atoms with Gasteiger partial charge in [-0.3, -0.25) is 9.69 Å². The van der Waals surface area contributed by atoms with Gasteiger partial charge in [-0.25, -0.2) is 0 Å². The summed E-state index contributed by atoms with van der Waals surface area (Å²) in [5.41, 5.74) is 1.36. The van der Waals surface area contributed by atoms with Crippen LogP contribution in [-0.4, -0.2) is 55.0 Å². The molecule has 1 aliphatic heterocycles. The van der Waals surface area contributed by atoms with Gasteiger partial charge in [0.2, 0.25) is 5.91 Å². The number of carbonyl (C=O) groups is 1. The Morgan fingerprint density at radius 1 is 1.38 bits per heavy atom. The fraction of sp³-hybridized carbons (Fsp3) is 0.650. The summed E-state index contributed by atoms with van der Waals surface area (Å²) in [6.07, 6.45) is 3.32. The number of nitrogens with zero attached hydrogens (tertiary/aromatic N) is 2. The Balaban J connectivity index is 2.00. The van der Waals surface area contributed by atoms with Gasteiger partial charge >= 0.3 is 0 Å². The molecule has 0 spiro atoms. The predicted molar refractivity (Wildman–Crippen MR) is 99.8 cm³/mol. The average molecular weight is 332 g/mol. The van der Waals surface area contributed by atoms with Crippen LogP contribution in [0.25, 0.3) is 0 Å². The lowest BCUT2D eigenvalue weighted by atomic mass is 10.0. The minimum Gasteiger partial charge on any atom is -0.338 e. The summed E-state index contributed by atoms with van der Waals surface area (Å²) in [4.78, 5) is 17.5. The Bertz CT molecular complexity index is 491. The van der Waals surface area contributed by atoms with Gasteiger partial charge < -0.3 is 10.2 Å². The van der Waals surface area contributed by atoms with Crippen molar-refractivity contribution >= 4 is 5.91 Å². The van der Waals surface area contributed by atoms with Crippen molar-refractivity contribution in [3.05, 3.63) is 35.9 Å². The molecule has 1 aliphatic rings. The summed E-state index contributed by atoms with van der Waals surface area (Å²) in [5, 5.41) is 3.13. The number of hydrogen-bond acceptors (Lipinski definition) is 3. The second-order valence-electron chi connectivity index (χ2n) is 7.01. The first-order valence-corrected chi connectivity index (χ1v) is 9.37. The molecule has 1 N–H and O–H groups in total. The Kier molecular flexibility index (Phi) is 7.73. The highest BCUT2D eigenvalue weighted by Gasteiger charge is 2.30. The first-order chi connectivity index (χ1) is 11.7. The van der Waals surface area contributed by atoms with Gasteiger partial charge in [0.15, 0.2) is 0 Å². The molecule has 0 saturated carbocycles. The van der Waals surface area contributed by atoms with Gasteiger partial charge in [0.25, 0.3) is 0 Å². The van der Waals surface area contributed by atoms with E-state index in [0.29, 0.717) is 11.9 Å². The molecule has 1 fully saturated rings. The normalized spacial score (nSPS) is 19.9. The molecule has 0 radical (unpaired) electrons. The van der Waals surface area contributed by atoms with Crippen LogP contribution >= 0.6 is 0 Å². The third-order valence-corrected chi connectivity index (χ3v) is 4.85. The Morgan fingerprint density at radius 2 is 2.12 bits per heavy atom. The van der Waals surface area contributed by atoms with Gasteiger partial charge in [-0.15, -0.1) is 0 Å². The summed E-state index contributed by atoms with van der Waals surface area (Å²) in [5.74, 6) is 0.351. The lowest BCUT2D eigenvalue weighted by molar-refractivity contribution is -0.138. The molecule has 0 bridgehead atoms. The molecule has 2 atom stereocenters. The molecule has 134 valence electrons. The fourth-order valence-electron chi connectivity index (χ4n) is 3.66. The summed E-state index contributed by atoms with van der Waals surface area (Å²) >= 11 is 0. The molecule has 4 nitrogen and oxygen atoms in total. The van der Waals surface area contributed by atoms with E-state index in [-0.39, 0.29) is 5.92 Å². The van der Waals surface area contributed by atoms with E-state index in [1.54, 1.807) is 0 Å². The van der Waals surface area contributed by atoms with Crippen LogP contribution in [0.15, 0.2) is 30.3 Å². The second kappa shape index (κ2) is 9.80. The third kappa shape index (κ3) is 5.32. The number of carbonyl (C=O) groups excluding carboxylic acids is 1. The van der Waals surface area contributed by atoms with Crippen LogP contribution in [0.5, 0.6) is 0 Å². The molecule has 0 aliphatic carbocycles. The highest BCUT2D eigenvalue weighted by molar-refractivity contribution is 5.79. The maximum Gasteiger partial charge on any atom is 0.226 e. The molecule has 24 heavy (non-hydrogen) atoms. The molecular weight excluding hydrogens is 298 g/mol. The van der Waals surface area contributed by atoms with Crippen LogP contribution in [0.4, 0.5) is 0 Å². The molecule has 2 rings (SSSR count). The van der Waals surface area contributed by atoms with Gasteiger partial charge in [-0.05, 0) is 38.4 Å². The van der Waals surface area contributed by atoms with Gasteiger partial charge in [0, 0.05) is 38.1 Å². The van der Waals surface area contributed by atoms with Crippen molar-refractivity contribution in [2.45, 2.75) is 45.7 Å². The van der Waals surface area contributed by atoms with Crippen molar-refractivity contribution in [2.75, 3.05) is 33.2 Å². The number of benzene rings is 1. The van der Waals surface area contributed by atoms with Gasteiger partial charge in [0.1, 0.15) is 0 Å². The maximum atomic E-state index is 12.9. The topological polar surface area (TPSA) is 35.6 Å². The number of piperidine rings is 1. The van der Waals surface area contributed by atoms with E-state index < -0.39 is 0 Å². The number of likely N-dealkylation sites (tertiary alicyclic amines) is 1. The predicted octanol–water partition coefficient (Wildman–Crippen LogP) is 2.75. The lowest BCUT2D eigenvalue weighted by Gasteiger charge is -2.40. The van der Waals surface area contributed by atoms with E-state index in [9.17, 15) is 4.79 Å². The zero-order valence-corrected chi connectivity index (χ0v) is 15.5. The smallest absolute Gasteiger partial charge is 0.226 e. The van der Waals surface area contributed by atoms with Crippen molar-refractivity contribution in [2.24, 2.45) is 5.92 Å². The van der Waals surface area contributed by atoms with Crippen LogP contribution in [0.2, 0.25) is 0 Å². The van der Waals surface area contributed by atoms with Crippen molar-refractivity contribution in [3.8, 4) is 0 Å². The van der Waals surface area contributed by atoms with Crippen LogP contribution in [0, 0.1) is 5.92 Å². The van der Waals surface area contributed by atoms with Crippen molar-refractivity contribution in [1.29, 1.82) is 0 Å². The SMILES string of the molecule is CCCN(C(=O)C(C)CNC)C1CCCN(Cc2ccccc2)C1. The van der Waals surface area contributed by atoms with Gasteiger partial charge in [0.05, 0.1) is 0 Å².